The maximum absolute atomic E-state index is 13.9. The van der Waals surface area contributed by atoms with E-state index < -0.39 is 17.0 Å². The van der Waals surface area contributed by atoms with Gasteiger partial charge in [0, 0.05) is 16.1 Å². The van der Waals surface area contributed by atoms with E-state index in [4.69, 9.17) is 16.3 Å². The fraction of sp³-hybridized carbons (Fsp3) is 0.0833. The van der Waals surface area contributed by atoms with Gasteiger partial charge in [-0.2, -0.15) is 0 Å². The molecular formula is C24H17ClFNO3S. The number of carbonyl (C=O) groups is 2. The Morgan fingerprint density at radius 3 is 2.32 bits per heavy atom. The molecule has 7 heteroatoms. The van der Waals surface area contributed by atoms with Crippen molar-refractivity contribution < 1.29 is 18.7 Å². The van der Waals surface area contributed by atoms with E-state index in [9.17, 15) is 14.0 Å². The number of halogens is 2. The van der Waals surface area contributed by atoms with Gasteiger partial charge in [0.2, 0.25) is 0 Å². The van der Waals surface area contributed by atoms with Gasteiger partial charge in [-0.05, 0) is 47.7 Å². The van der Waals surface area contributed by atoms with E-state index in [-0.39, 0.29) is 6.54 Å². The SMILES string of the molecule is O=C1S/C(=C/c2ccc(OCc3ccccc3Cl)cc2)C(=O)N1Cc1ccccc1F. The summed E-state index contributed by atoms with van der Waals surface area (Å²) in [7, 11) is 0. The number of hydrogen-bond donors (Lipinski definition) is 0. The van der Waals surface area contributed by atoms with Crippen molar-refractivity contribution in [2.24, 2.45) is 0 Å². The summed E-state index contributed by atoms with van der Waals surface area (Å²) in [5.74, 6) is -0.222. The minimum absolute atomic E-state index is 0.0937. The van der Waals surface area contributed by atoms with Crippen LogP contribution in [-0.2, 0) is 17.9 Å². The third-order valence-electron chi connectivity index (χ3n) is 4.69. The molecule has 3 aromatic carbocycles. The van der Waals surface area contributed by atoms with Crippen LogP contribution in [0.2, 0.25) is 5.02 Å². The lowest BCUT2D eigenvalue weighted by molar-refractivity contribution is -0.123. The lowest BCUT2D eigenvalue weighted by Gasteiger charge is -2.12. The fourth-order valence-electron chi connectivity index (χ4n) is 3.02. The van der Waals surface area contributed by atoms with Crippen molar-refractivity contribution in [1.82, 2.24) is 4.90 Å². The van der Waals surface area contributed by atoms with Crippen LogP contribution in [0.15, 0.2) is 77.7 Å². The summed E-state index contributed by atoms with van der Waals surface area (Å²) in [5.41, 5.74) is 1.93. The maximum Gasteiger partial charge on any atom is 0.293 e. The molecular weight excluding hydrogens is 437 g/mol. The molecule has 0 bridgehead atoms. The molecule has 1 fully saturated rings. The second kappa shape index (κ2) is 9.37. The number of benzene rings is 3. The first-order chi connectivity index (χ1) is 15.0. The van der Waals surface area contributed by atoms with Crippen molar-refractivity contribution in [2.75, 3.05) is 0 Å². The topological polar surface area (TPSA) is 46.6 Å². The van der Waals surface area contributed by atoms with Crippen LogP contribution in [0.1, 0.15) is 16.7 Å². The zero-order valence-corrected chi connectivity index (χ0v) is 17.8. The van der Waals surface area contributed by atoms with Crippen molar-refractivity contribution in [2.45, 2.75) is 13.2 Å². The molecule has 1 aliphatic heterocycles. The number of hydrogen-bond acceptors (Lipinski definition) is 4. The van der Waals surface area contributed by atoms with Gasteiger partial charge in [0.05, 0.1) is 11.4 Å². The van der Waals surface area contributed by atoms with Crippen molar-refractivity contribution in [3.8, 4) is 5.75 Å². The van der Waals surface area contributed by atoms with Crippen molar-refractivity contribution in [1.29, 1.82) is 0 Å². The average Bonchev–Trinajstić information content (AvgIpc) is 3.03. The van der Waals surface area contributed by atoms with Gasteiger partial charge in [-0.25, -0.2) is 4.39 Å². The first-order valence-corrected chi connectivity index (χ1v) is 10.7. The van der Waals surface area contributed by atoms with Crippen LogP contribution in [0, 0.1) is 5.82 Å². The van der Waals surface area contributed by atoms with Crippen LogP contribution in [0.4, 0.5) is 9.18 Å². The van der Waals surface area contributed by atoms with Crippen LogP contribution < -0.4 is 4.74 Å². The van der Waals surface area contributed by atoms with E-state index in [1.807, 2.05) is 24.3 Å². The molecule has 0 spiro atoms. The summed E-state index contributed by atoms with van der Waals surface area (Å²) >= 11 is 6.98. The lowest BCUT2D eigenvalue weighted by Crippen LogP contribution is -2.27. The van der Waals surface area contributed by atoms with Crippen molar-refractivity contribution >= 4 is 40.6 Å². The van der Waals surface area contributed by atoms with E-state index in [1.54, 1.807) is 48.5 Å². The molecule has 4 nitrogen and oxygen atoms in total. The van der Waals surface area contributed by atoms with Gasteiger partial charge >= 0.3 is 0 Å². The molecule has 1 heterocycles. The van der Waals surface area contributed by atoms with Gasteiger partial charge in [0.1, 0.15) is 18.2 Å². The normalized spacial score (nSPS) is 15.0. The molecule has 0 saturated carbocycles. The summed E-state index contributed by atoms with van der Waals surface area (Å²) in [6, 6.07) is 20.7. The Hall–Kier alpha value is -3.09. The zero-order chi connectivity index (χ0) is 21.8. The second-order valence-electron chi connectivity index (χ2n) is 6.81. The van der Waals surface area contributed by atoms with Crippen molar-refractivity contribution in [3.63, 3.8) is 0 Å². The molecule has 0 aliphatic carbocycles. The number of thioether (sulfide) groups is 1. The molecule has 0 atom stereocenters. The summed E-state index contributed by atoms with van der Waals surface area (Å²) in [6.45, 7) is 0.247. The third-order valence-corrected chi connectivity index (χ3v) is 5.97. The highest BCUT2D eigenvalue weighted by atomic mass is 35.5. The van der Waals surface area contributed by atoms with Crippen LogP contribution in [0.3, 0.4) is 0 Å². The molecule has 1 saturated heterocycles. The third kappa shape index (κ3) is 4.98. The first kappa shape index (κ1) is 21.2. The van der Waals surface area contributed by atoms with Crippen LogP contribution in [0.25, 0.3) is 6.08 Å². The Balaban J connectivity index is 1.42. The van der Waals surface area contributed by atoms with E-state index >= 15 is 0 Å². The largest absolute Gasteiger partial charge is 0.489 e. The molecule has 0 radical (unpaired) electrons. The van der Waals surface area contributed by atoms with Gasteiger partial charge in [-0.3, -0.25) is 14.5 Å². The first-order valence-electron chi connectivity index (χ1n) is 9.46. The Morgan fingerprint density at radius 2 is 1.61 bits per heavy atom. The van der Waals surface area contributed by atoms with E-state index in [2.05, 4.69) is 0 Å². The average molecular weight is 454 g/mol. The summed E-state index contributed by atoms with van der Waals surface area (Å²) in [5, 5.41) is 0.226. The van der Waals surface area contributed by atoms with Gasteiger partial charge in [0.25, 0.3) is 11.1 Å². The van der Waals surface area contributed by atoms with Crippen LogP contribution in [0.5, 0.6) is 5.75 Å². The highest BCUT2D eigenvalue weighted by molar-refractivity contribution is 8.18. The molecule has 1 aliphatic rings. The molecule has 2 amide bonds. The van der Waals surface area contributed by atoms with Crippen LogP contribution >= 0.6 is 23.4 Å². The molecule has 0 aromatic heterocycles. The zero-order valence-electron chi connectivity index (χ0n) is 16.3. The summed E-state index contributed by atoms with van der Waals surface area (Å²) in [6.07, 6.45) is 1.64. The smallest absolute Gasteiger partial charge is 0.293 e. The predicted molar refractivity (Wildman–Crippen MR) is 120 cm³/mol. The Kier molecular flexibility index (Phi) is 6.39. The van der Waals surface area contributed by atoms with Gasteiger partial charge in [-0.1, -0.05) is 60.1 Å². The summed E-state index contributed by atoms with van der Waals surface area (Å²) in [4.78, 5) is 26.3. The second-order valence-corrected chi connectivity index (χ2v) is 8.21. The molecule has 156 valence electrons. The van der Waals surface area contributed by atoms with Gasteiger partial charge in [-0.15, -0.1) is 0 Å². The maximum atomic E-state index is 13.9. The molecule has 31 heavy (non-hydrogen) atoms. The van der Waals surface area contributed by atoms with Crippen molar-refractivity contribution in [3.05, 3.63) is 105 Å². The van der Waals surface area contributed by atoms with E-state index in [1.165, 1.54) is 6.07 Å². The summed E-state index contributed by atoms with van der Waals surface area (Å²) < 4.78 is 19.6. The number of carbonyl (C=O) groups excluding carboxylic acids is 2. The molecule has 3 aromatic rings. The Labute approximate surface area is 188 Å². The van der Waals surface area contributed by atoms with E-state index in [0.717, 1.165) is 27.8 Å². The molecule has 0 N–H and O–H groups in total. The highest BCUT2D eigenvalue weighted by Gasteiger charge is 2.35. The van der Waals surface area contributed by atoms with Gasteiger partial charge < -0.3 is 4.74 Å². The number of amides is 2. The molecule has 4 rings (SSSR count). The quantitative estimate of drug-likeness (QED) is 0.411. The number of ether oxygens (including phenoxy) is 1. The number of nitrogens with zero attached hydrogens (tertiary/aromatic N) is 1. The van der Waals surface area contributed by atoms with E-state index in [0.29, 0.717) is 27.8 Å². The minimum atomic E-state index is -0.446. The Bertz CT molecular complexity index is 1160. The van der Waals surface area contributed by atoms with Gasteiger partial charge in [0.15, 0.2) is 0 Å². The van der Waals surface area contributed by atoms with Crippen LogP contribution in [-0.4, -0.2) is 16.0 Å². The number of rotatable bonds is 6. The highest BCUT2D eigenvalue weighted by Crippen LogP contribution is 2.33. The fourth-order valence-corrected chi connectivity index (χ4v) is 4.05. The number of imide groups is 1. The predicted octanol–water partition coefficient (Wildman–Crippen LogP) is 6.29. The lowest BCUT2D eigenvalue weighted by atomic mass is 10.2. The molecule has 0 unspecified atom stereocenters. The minimum Gasteiger partial charge on any atom is -0.489 e. The Morgan fingerprint density at radius 1 is 0.935 bits per heavy atom. The standard InChI is InChI=1S/C24H17ClFNO3S/c25-20-7-3-1-6-18(20)15-30-19-11-9-16(10-12-19)13-22-23(28)27(24(29)31-22)14-17-5-2-4-8-21(17)26/h1-13H,14-15H2/b22-13+. The monoisotopic (exact) mass is 453 g/mol.